The van der Waals surface area contributed by atoms with E-state index in [4.69, 9.17) is 40.0 Å². The first-order valence-electron chi connectivity index (χ1n) is 11.5. The number of amides is 1. The standard InChI is InChI=1S/C27H22Cl2N8O2/c28-18-6-9-23(37(32)15-25(29)31)21(11-18)22-12-26(38)36(16-34-22)24(10-17-4-2-1-3-5-17)27(39)35-20-8-7-19(13-30)33-14-20/h1-9,11-12,14-16,24H,10,31-32H2,(H,35,39)/b25-15-. The van der Waals surface area contributed by atoms with Gasteiger partial charge in [0.05, 0.1) is 35.8 Å². The van der Waals surface area contributed by atoms with Crippen LogP contribution in [0.4, 0.5) is 11.4 Å². The molecule has 0 bridgehead atoms. The van der Waals surface area contributed by atoms with E-state index in [0.717, 1.165) is 5.56 Å². The number of rotatable bonds is 8. The van der Waals surface area contributed by atoms with E-state index in [1.165, 1.54) is 40.4 Å². The number of nitrogens with zero attached hydrogens (tertiary/aromatic N) is 5. The maximum atomic E-state index is 13.4. The maximum absolute atomic E-state index is 13.4. The van der Waals surface area contributed by atoms with Gasteiger partial charge in [-0.2, -0.15) is 5.26 Å². The predicted octanol–water partition coefficient (Wildman–Crippen LogP) is 3.93. The molecule has 5 N–H and O–H groups in total. The lowest BCUT2D eigenvalue weighted by molar-refractivity contribution is -0.119. The Kier molecular flexibility index (Phi) is 8.58. The van der Waals surface area contributed by atoms with Crippen LogP contribution in [0.1, 0.15) is 17.3 Å². The molecule has 4 rings (SSSR count). The molecule has 0 aliphatic rings. The van der Waals surface area contributed by atoms with Gasteiger partial charge >= 0.3 is 0 Å². The summed E-state index contributed by atoms with van der Waals surface area (Å²) >= 11 is 12.0. The Morgan fingerprint density at radius 2 is 1.92 bits per heavy atom. The van der Waals surface area contributed by atoms with Gasteiger partial charge in [-0.15, -0.1) is 0 Å². The lowest BCUT2D eigenvalue weighted by Gasteiger charge is -2.21. The Morgan fingerprint density at radius 1 is 1.15 bits per heavy atom. The van der Waals surface area contributed by atoms with Gasteiger partial charge in [0.1, 0.15) is 23.0 Å². The van der Waals surface area contributed by atoms with Crippen LogP contribution in [-0.4, -0.2) is 20.4 Å². The fourth-order valence-corrected chi connectivity index (χ4v) is 4.12. The average Bonchev–Trinajstić information content (AvgIpc) is 2.92. The highest BCUT2D eigenvalue weighted by atomic mass is 35.5. The highest BCUT2D eigenvalue weighted by Crippen LogP contribution is 2.31. The van der Waals surface area contributed by atoms with Crippen molar-refractivity contribution >= 4 is 40.5 Å². The minimum atomic E-state index is -0.944. The van der Waals surface area contributed by atoms with Gasteiger partial charge in [-0.05, 0) is 35.9 Å². The molecule has 0 fully saturated rings. The molecule has 0 spiro atoms. The number of hydrogen-bond donors (Lipinski definition) is 3. The fraction of sp³-hybridized carbons (Fsp3) is 0.0741. The van der Waals surface area contributed by atoms with Crippen molar-refractivity contribution < 1.29 is 4.79 Å². The number of hydrazine groups is 1. The smallest absolute Gasteiger partial charge is 0.254 e. The lowest BCUT2D eigenvalue weighted by Crippen LogP contribution is -2.34. The summed E-state index contributed by atoms with van der Waals surface area (Å²) in [4.78, 5) is 35.2. The normalized spacial score (nSPS) is 11.9. The molecule has 196 valence electrons. The molecule has 4 aromatic rings. The van der Waals surface area contributed by atoms with Crippen molar-refractivity contribution in [2.75, 3.05) is 10.3 Å². The SMILES string of the molecule is N#Cc1ccc(NC(=O)C(Cc2ccccc2)n2cnc(-c3cc(Cl)ccc3N(N)/C=C(\N)Cl)cc2=O)cn1. The van der Waals surface area contributed by atoms with E-state index in [0.29, 0.717) is 22.0 Å². The van der Waals surface area contributed by atoms with E-state index in [1.54, 1.807) is 24.3 Å². The molecule has 1 amide bonds. The van der Waals surface area contributed by atoms with Crippen molar-refractivity contribution in [1.29, 1.82) is 5.26 Å². The number of carbonyl (C=O) groups excluding carboxylic acids is 1. The van der Waals surface area contributed by atoms with E-state index in [1.807, 2.05) is 36.4 Å². The van der Waals surface area contributed by atoms with Crippen LogP contribution in [0.3, 0.4) is 0 Å². The monoisotopic (exact) mass is 560 g/mol. The summed E-state index contributed by atoms with van der Waals surface area (Å²) in [7, 11) is 0. The van der Waals surface area contributed by atoms with Gasteiger partial charge in [-0.3, -0.25) is 19.2 Å². The maximum Gasteiger partial charge on any atom is 0.254 e. The molecule has 0 aliphatic carbocycles. The molecule has 0 saturated carbocycles. The second-order valence-electron chi connectivity index (χ2n) is 8.34. The minimum absolute atomic E-state index is 0.0472. The summed E-state index contributed by atoms with van der Waals surface area (Å²) in [6, 6.07) is 19.5. The molecule has 0 saturated heterocycles. The Bertz CT molecular complexity index is 1610. The molecule has 2 aromatic heterocycles. The predicted molar refractivity (Wildman–Crippen MR) is 150 cm³/mol. The number of nitrogens with two attached hydrogens (primary N) is 2. The zero-order valence-electron chi connectivity index (χ0n) is 20.3. The van der Waals surface area contributed by atoms with Crippen LogP contribution in [-0.2, 0) is 11.2 Å². The van der Waals surface area contributed by atoms with Crippen LogP contribution in [0.25, 0.3) is 11.3 Å². The Balaban J connectivity index is 1.72. The van der Waals surface area contributed by atoms with Crippen molar-refractivity contribution in [3.8, 4) is 17.3 Å². The summed E-state index contributed by atoms with van der Waals surface area (Å²) in [5, 5.41) is 13.3. The number of nitrogens with one attached hydrogen (secondary N) is 1. The summed E-state index contributed by atoms with van der Waals surface area (Å²) in [6.45, 7) is 0. The molecule has 10 nitrogen and oxygen atoms in total. The van der Waals surface area contributed by atoms with E-state index >= 15 is 0 Å². The van der Waals surface area contributed by atoms with Gasteiger partial charge in [0, 0.05) is 23.1 Å². The van der Waals surface area contributed by atoms with Gasteiger partial charge in [0.2, 0.25) is 5.91 Å². The third-order valence-corrected chi connectivity index (χ3v) is 6.00. The summed E-state index contributed by atoms with van der Waals surface area (Å²) in [5.41, 5.74) is 7.68. The van der Waals surface area contributed by atoms with Crippen molar-refractivity contribution in [3.05, 3.63) is 117 Å². The Morgan fingerprint density at radius 3 is 2.56 bits per heavy atom. The van der Waals surface area contributed by atoms with Crippen LogP contribution < -0.4 is 27.5 Å². The third kappa shape index (κ3) is 6.80. The minimum Gasteiger partial charge on any atom is -0.388 e. The molecular formula is C27H22Cl2N8O2. The van der Waals surface area contributed by atoms with Crippen LogP contribution in [0.15, 0.2) is 95.4 Å². The summed E-state index contributed by atoms with van der Waals surface area (Å²) in [6.07, 6.45) is 4.20. The molecule has 1 unspecified atom stereocenters. The second kappa shape index (κ2) is 12.2. The zero-order valence-corrected chi connectivity index (χ0v) is 21.8. The molecule has 2 heterocycles. The summed E-state index contributed by atoms with van der Waals surface area (Å²) < 4.78 is 1.25. The Hall–Kier alpha value is -4.69. The van der Waals surface area contributed by atoms with Crippen LogP contribution in [0, 0.1) is 11.3 Å². The molecule has 12 heteroatoms. The van der Waals surface area contributed by atoms with E-state index < -0.39 is 17.5 Å². The number of anilines is 2. The van der Waals surface area contributed by atoms with Crippen molar-refractivity contribution in [2.45, 2.75) is 12.5 Å². The largest absolute Gasteiger partial charge is 0.388 e. The highest BCUT2D eigenvalue weighted by Gasteiger charge is 2.24. The first-order chi connectivity index (χ1) is 18.7. The fourth-order valence-electron chi connectivity index (χ4n) is 3.85. The van der Waals surface area contributed by atoms with Crippen LogP contribution >= 0.6 is 23.2 Å². The highest BCUT2D eigenvalue weighted by molar-refractivity contribution is 6.31. The quantitative estimate of drug-likeness (QED) is 0.166. The number of halogens is 2. The zero-order chi connectivity index (χ0) is 27.9. The van der Waals surface area contributed by atoms with Crippen molar-refractivity contribution in [3.63, 3.8) is 0 Å². The van der Waals surface area contributed by atoms with E-state index in [9.17, 15) is 9.59 Å². The first-order valence-corrected chi connectivity index (χ1v) is 12.3. The first kappa shape index (κ1) is 27.3. The molecule has 0 aliphatic heterocycles. The number of nitriles is 1. The van der Waals surface area contributed by atoms with Crippen molar-refractivity contribution in [1.82, 2.24) is 14.5 Å². The lowest BCUT2D eigenvalue weighted by atomic mass is 10.0. The molecule has 0 radical (unpaired) electrons. The number of benzene rings is 2. The molecular weight excluding hydrogens is 539 g/mol. The Labute approximate surface area is 233 Å². The van der Waals surface area contributed by atoms with Gasteiger partial charge in [0.15, 0.2) is 0 Å². The molecule has 39 heavy (non-hydrogen) atoms. The number of hydrogen-bond acceptors (Lipinski definition) is 8. The van der Waals surface area contributed by atoms with E-state index in [2.05, 4.69) is 15.3 Å². The third-order valence-electron chi connectivity index (χ3n) is 5.67. The number of aromatic nitrogens is 3. The second-order valence-corrected chi connectivity index (χ2v) is 9.21. The van der Waals surface area contributed by atoms with Gasteiger partial charge in [-0.1, -0.05) is 53.5 Å². The topological polar surface area (TPSA) is 156 Å². The van der Waals surface area contributed by atoms with Gasteiger partial charge in [0.25, 0.3) is 5.56 Å². The van der Waals surface area contributed by atoms with E-state index in [-0.39, 0.29) is 23.0 Å². The molecule has 2 aromatic carbocycles. The van der Waals surface area contributed by atoms with Gasteiger partial charge < -0.3 is 11.1 Å². The van der Waals surface area contributed by atoms with Crippen molar-refractivity contribution in [2.24, 2.45) is 11.6 Å². The van der Waals surface area contributed by atoms with Crippen LogP contribution in [0.2, 0.25) is 5.02 Å². The number of carbonyl (C=O) groups is 1. The summed E-state index contributed by atoms with van der Waals surface area (Å²) in [5.74, 6) is 5.62. The van der Waals surface area contributed by atoms with Gasteiger partial charge in [-0.25, -0.2) is 15.8 Å². The average molecular weight is 561 g/mol. The number of pyridine rings is 1. The molecule has 1 atom stereocenters. The van der Waals surface area contributed by atoms with Crippen LogP contribution in [0.5, 0.6) is 0 Å².